The number of hydrogen-bond donors (Lipinski definition) is 2. The van der Waals surface area contributed by atoms with Crippen LogP contribution in [0.3, 0.4) is 0 Å². The monoisotopic (exact) mass is 295 g/mol. The molecule has 0 aliphatic heterocycles. The fourth-order valence-electron chi connectivity index (χ4n) is 1.27. The van der Waals surface area contributed by atoms with E-state index in [0.29, 0.717) is 11.5 Å². The molecule has 1 amide bonds. The summed E-state index contributed by atoms with van der Waals surface area (Å²) >= 11 is 3.26. The van der Waals surface area contributed by atoms with Crippen molar-refractivity contribution in [1.29, 1.82) is 0 Å². The second-order valence-corrected chi connectivity index (χ2v) is 4.34. The lowest BCUT2D eigenvalue weighted by Gasteiger charge is -2.10. The molecule has 0 saturated carbocycles. The van der Waals surface area contributed by atoms with Gasteiger partial charge in [0.2, 0.25) is 0 Å². The van der Waals surface area contributed by atoms with E-state index in [0.717, 1.165) is 4.47 Å². The van der Waals surface area contributed by atoms with Crippen LogP contribution in [0.15, 0.2) is 29.1 Å². The smallest absolute Gasteiger partial charge is 0.270 e. The van der Waals surface area contributed by atoms with Gasteiger partial charge in [-0.25, -0.2) is 9.97 Å². The maximum Gasteiger partial charge on any atom is 0.270 e. The van der Waals surface area contributed by atoms with Crippen molar-refractivity contribution in [2.24, 2.45) is 0 Å². The first-order valence-electron chi connectivity index (χ1n) is 4.94. The number of halogens is 1. The fourth-order valence-corrected chi connectivity index (χ4v) is 1.51. The minimum Gasteiger partial charge on any atom is -0.341 e. The highest BCUT2D eigenvalue weighted by molar-refractivity contribution is 9.10. The number of hydrogen-bond acceptors (Lipinski definition) is 4. The van der Waals surface area contributed by atoms with Crippen molar-refractivity contribution >= 4 is 21.8 Å². The van der Waals surface area contributed by atoms with Crippen molar-refractivity contribution in [1.82, 2.24) is 25.5 Å². The fraction of sp³-hybridized carbons (Fsp3) is 0.200. The molecule has 0 aliphatic rings. The van der Waals surface area contributed by atoms with E-state index in [9.17, 15) is 4.79 Å². The van der Waals surface area contributed by atoms with Crippen LogP contribution in [0.5, 0.6) is 0 Å². The molecule has 0 radical (unpaired) electrons. The highest BCUT2D eigenvalue weighted by Crippen LogP contribution is 2.09. The maximum atomic E-state index is 11.8. The zero-order valence-electron chi connectivity index (χ0n) is 9.01. The zero-order valence-corrected chi connectivity index (χ0v) is 10.6. The number of rotatable bonds is 3. The molecule has 0 bridgehead atoms. The molecule has 7 heteroatoms. The van der Waals surface area contributed by atoms with Crippen LogP contribution in [0.1, 0.15) is 29.3 Å². The van der Waals surface area contributed by atoms with Crippen molar-refractivity contribution in [3.63, 3.8) is 0 Å². The summed E-state index contributed by atoms with van der Waals surface area (Å²) < 4.78 is 0.831. The van der Waals surface area contributed by atoms with Crippen molar-refractivity contribution in [2.45, 2.75) is 13.0 Å². The average molecular weight is 296 g/mol. The van der Waals surface area contributed by atoms with Gasteiger partial charge in [0.25, 0.3) is 5.91 Å². The minimum atomic E-state index is -0.249. The molecule has 17 heavy (non-hydrogen) atoms. The molecule has 2 N–H and O–H groups in total. The Morgan fingerprint density at radius 1 is 1.47 bits per heavy atom. The van der Waals surface area contributed by atoms with E-state index in [4.69, 9.17) is 0 Å². The molecular weight excluding hydrogens is 286 g/mol. The van der Waals surface area contributed by atoms with Gasteiger partial charge in [0, 0.05) is 10.7 Å². The number of H-pyrrole nitrogens is 1. The van der Waals surface area contributed by atoms with Crippen molar-refractivity contribution < 1.29 is 4.79 Å². The van der Waals surface area contributed by atoms with Crippen molar-refractivity contribution in [3.8, 4) is 0 Å². The average Bonchev–Trinajstić information content (AvgIpc) is 2.83. The summed E-state index contributed by atoms with van der Waals surface area (Å²) in [6, 6.07) is 3.17. The van der Waals surface area contributed by atoms with Crippen LogP contribution in [0.4, 0.5) is 0 Å². The SMILES string of the molecule is CC(NC(=O)c1ccc(Br)cn1)c1ncn[nH]1. The predicted molar refractivity (Wildman–Crippen MR) is 64.2 cm³/mol. The number of nitrogens with zero attached hydrogens (tertiary/aromatic N) is 3. The van der Waals surface area contributed by atoms with E-state index in [1.807, 2.05) is 6.92 Å². The van der Waals surface area contributed by atoms with Gasteiger partial charge >= 0.3 is 0 Å². The molecule has 1 atom stereocenters. The molecule has 2 rings (SSSR count). The Balaban J connectivity index is 2.04. The van der Waals surface area contributed by atoms with Gasteiger partial charge in [0.1, 0.15) is 17.8 Å². The van der Waals surface area contributed by atoms with Crippen LogP contribution < -0.4 is 5.32 Å². The summed E-state index contributed by atoms with van der Waals surface area (Å²) in [7, 11) is 0. The third-order valence-corrected chi connectivity index (χ3v) is 2.62. The number of pyridine rings is 1. The summed E-state index contributed by atoms with van der Waals surface area (Å²) in [5.41, 5.74) is 0.361. The van der Waals surface area contributed by atoms with Crippen LogP contribution in [0.2, 0.25) is 0 Å². The molecule has 0 aliphatic carbocycles. The third-order valence-electron chi connectivity index (χ3n) is 2.15. The van der Waals surface area contributed by atoms with E-state index >= 15 is 0 Å². The maximum absolute atomic E-state index is 11.8. The molecule has 2 aromatic heterocycles. The van der Waals surface area contributed by atoms with Gasteiger partial charge in [-0.2, -0.15) is 5.10 Å². The lowest BCUT2D eigenvalue weighted by atomic mass is 10.3. The molecular formula is C10H10BrN5O. The normalized spacial score (nSPS) is 12.1. The molecule has 1 unspecified atom stereocenters. The highest BCUT2D eigenvalue weighted by atomic mass is 79.9. The Morgan fingerprint density at radius 3 is 2.88 bits per heavy atom. The number of nitrogens with one attached hydrogen (secondary N) is 2. The van der Waals surface area contributed by atoms with Gasteiger partial charge in [0.05, 0.1) is 6.04 Å². The lowest BCUT2D eigenvalue weighted by Crippen LogP contribution is -2.28. The van der Waals surface area contributed by atoms with Gasteiger partial charge in [-0.1, -0.05) is 0 Å². The Bertz CT molecular complexity index is 496. The summed E-state index contributed by atoms with van der Waals surface area (Å²) in [6.45, 7) is 1.82. The van der Waals surface area contributed by atoms with E-state index in [1.165, 1.54) is 6.33 Å². The number of amides is 1. The molecule has 2 aromatic rings. The third kappa shape index (κ3) is 2.88. The highest BCUT2D eigenvalue weighted by Gasteiger charge is 2.13. The summed E-state index contributed by atoms with van der Waals surface area (Å²) in [5, 5.41) is 9.19. The Morgan fingerprint density at radius 2 is 2.29 bits per heavy atom. The number of carbonyl (C=O) groups excluding carboxylic acids is 1. The molecule has 6 nitrogen and oxygen atoms in total. The van der Waals surface area contributed by atoms with Crippen LogP contribution in [-0.2, 0) is 0 Å². The molecule has 0 aromatic carbocycles. The van der Waals surface area contributed by atoms with Gasteiger partial charge in [0.15, 0.2) is 0 Å². The van der Waals surface area contributed by atoms with Gasteiger partial charge < -0.3 is 5.32 Å². The van der Waals surface area contributed by atoms with Crippen LogP contribution in [0, 0.1) is 0 Å². The second kappa shape index (κ2) is 5.05. The first kappa shape index (κ1) is 11.7. The quantitative estimate of drug-likeness (QED) is 0.898. The number of carbonyl (C=O) groups is 1. The molecule has 2 heterocycles. The Kier molecular flexibility index (Phi) is 3.48. The number of aromatic nitrogens is 4. The van der Waals surface area contributed by atoms with Gasteiger partial charge in [-0.15, -0.1) is 0 Å². The Hall–Kier alpha value is -1.76. The van der Waals surface area contributed by atoms with E-state index in [2.05, 4.69) is 41.4 Å². The first-order valence-corrected chi connectivity index (χ1v) is 5.74. The van der Waals surface area contributed by atoms with Crippen LogP contribution in [-0.4, -0.2) is 26.1 Å². The van der Waals surface area contributed by atoms with Gasteiger partial charge in [-0.3, -0.25) is 9.89 Å². The Labute approximate surface area is 106 Å². The predicted octanol–water partition coefficient (Wildman–Crippen LogP) is 1.45. The van der Waals surface area contributed by atoms with Crippen LogP contribution in [0.25, 0.3) is 0 Å². The molecule has 88 valence electrons. The number of aromatic amines is 1. The summed E-state index contributed by atoms with van der Waals surface area (Å²) in [6.07, 6.45) is 2.98. The molecule has 0 saturated heterocycles. The van der Waals surface area contributed by atoms with Gasteiger partial charge in [-0.05, 0) is 35.0 Å². The van der Waals surface area contributed by atoms with E-state index in [1.54, 1.807) is 18.3 Å². The van der Waals surface area contributed by atoms with Crippen molar-refractivity contribution in [2.75, 3.05) is 0 Å². The summed E-state index contributed by atoms with van der Waals surface area (Å²) in [5.74, 6) is 0.358. The van der Waals surface area contributed by atoms with Crippen LogP contribution >= 0.6 is 15.9 Å². The first-order chi connectivity index (χ1) is 8.16. The summed E-state index contributed by atoms with van der Waals surface area (Å²) in [4.78, 5) is 19.8. The minimum absolute atomic E-state index is 0.240. The topological polar surface area (TPSA) is 83.6 Å². The lowest BCUT2D eigenvalue weighted by molar-refractivity contribution is 0.0933. The molecule has 0 fully saturated rings. The van der Waals surface area contributed by atoms with Crippen molar-refractivity contribution in [3.05, 3.63) is 40.6 Å². The van der Waals surface area contributed by atoms with E-state index in [-0.39, 0.29) is 11.9 Å². The largest absolute Gasteiger partial charge is 0.341 e. The standard InChI is InChI=1S/C10H10BrN5O/c1-6(9-13-5-14-16-9)15-10(17)8-3-2-7(11)4-12-8/h2-6H,1H3,(H,15,17)(H,13,14,16). The molecule has 0 spiro atoms. The van der Waals surface area contributed by atoms with E-state index < -0.39 is 0 Å². The second-order valence-electron chi connectivity index (χ2n) is 3.43. The zero-order chi connectivity index (χ0) is 12.3.